The van der Waals surface area contributed by atoms with E-state index in [9.17, 15) is 4.79 Å². The van der Waals surface area contributed by atoms with E-state index in [2.05, 4.69) is 16.3 Å². The number of hydrogen-bond donors (Lipinski definition) is 1. The lowest BCUT2D eigenvalue weighted by molar-refractivity contribution is -0.125. The number of amides is 1. The van der Waals surface area contributed by atoms with Gasteiger partial charge >= 0.3 is 0 Å². The second-order valence-corrected chi connectivity index (χ2v) is 7.24. The molecule has 26 heavy (non-hydrogen) atoms. The van der Waals surface area contributed by atoms with Crippen LogP contribution in [0.5, 0.6) is 0 Å². The number of nitriles is 1. The number of piperidine rings is 1. The summed E-state index contributed by atoms with van der Waals surface area (Å²) in [6.45, 7) is 1.92. The van der Waals surface area contributed by atoms with Gasteiger partial charge in [-0.25, -0.2) is 0 Å². The molecule has 0 spiro atoms. The molecule has 1 amide bonds. The molecule has 1 aliphatic rings. The number of carbonyl (C=O) groups is 1. The van der Waals surface area contributed by atoms with Crippen LogP contribution in [0.4, 0.5) is 5.69 Å². The van der Waals surface area contributed by atoms with Crippen molar-refractivity contribution in [3.05, 3.63) is 63.6 Å². The second-order valence-electron chi connectivity index (χ2n) is 6.40. The van der Waals surface area contributed by atoms with Crippen LogP contribution in [0.15, 0.2) is 42.5 Å². The standard InChI is InChI=1S/C20H19Cl2N3O/c21-17-7-6-15(19(22)10-17)12-24-20(26)16-4-2-8-25(13-16)18-5-1-3-14(9-18)11-23/h1,3,5-7,9-10,16H,2,4,8,12-13H2,(H,24,26). The predicted molar refractivity (Wildman–Crippen MR) is 104 cm³/mol. The summed E-state index contributed by atoms with van der Waals surface area (Å²) in [4.78, 5) is 14.8. The van der Waals surface area contributed by atoms with Crippen molar-refractivity contribution < 1.29 is 4.79 Å². The highest BCUT2D eigenvalue weighted by atomic mass is 35.5. The van der Waals surface area contributed by atoms with Crippen molar-refractivity contribution in [2.75, 3.05) is 18.0 Å². The van der Waals surface area contributed by atoms with E-state index in [1.165, 1.54) is 0 Å². The summed E-state index contributed by atoms with van der Waals surface area (Å²) in [5, 5.41) is 13.2. The molecule has 1 saturated heterocycles. The van der Waals surface area contributed by atoms with E-state index in [1.54, 1.807) is 18.2 Å². The average Bonchev–Trinajstić information content (AvgIpc) is 2.67. The summed E-state index contributed by atoms with van der Waals surface area (Å²) < 4.78 is 0. The number of rotatable bonds is 4. The Bertz CT molecular complexity index is 847. The van der Waals surface area contributed by atoms with E-state index in [4.69, 9.17) is 28.5 Å². The fraction of sp³-hybridized carbons (Fsp3) is 0.300. The van der Waals surface area contributed by atoms with Gasteiger partial charge in [-0.15, -0.1) is 0 Å². The maximum atomic E-state index is 12.6. The van der Waals surface area contributed by atoms with Crippen LogP contribution in [0, 0.1) is 17.2 Å². The number of benzene rings is 2. The Hall–Kier alpha value is -2.22. The summed E-state index contributed by atoms with van der Waals surface area (Å²) in [6.07, 6.45) is 1.80. The zero-order chi connectivity index (χ0) is 18.5. The summed E-state index contributed by atoms with van der Waals surface area (Å²) in [5.41, 5.74) is 2.47. The zero-order valence-electron chi connectivity index (χ0n) is 14.2. The molecule has 2 aromatic carbocycles. The van der Waals surface area contributed by atoms with Gasteiger partial charge in [0.05, 0.1) is 17.6 Å². The van der Waals surface area contributed by atoms with E-state index in [0.717, 1.165) is 30.6 Å². The van der Waals surface area contributed by atoms with Crippen molar-refractivity contribution >= 4 is 34.8 Å². The molecule has 1 heterocycles. The van der Waals surface area contributed by atoms with Gasteiger partial charge in [-0.05, 0) is 48.7 Å². The lowest BCUT2D eigenvalue weighted by Crippen LogP contribution is -2.43. The SMILES string of the molecule is N#Cc1cccc(N2CCCC(C(=O)NCc3ccc(Cl)cc3Cl)C2)c1. The van der Waals surface area contributed by atoms with Gasteiger partial charge in [-0.1, -0.05) is 35.3 Å². The minimum atomic E-state index is -0.0828. The zero-order valence-corrected chi connectivity index (χ0v) is 15.7. The molecule has 0 saturated carbocycles. The molecule has 1 N–H and O–H groups in total. The molecule has 6 heteroatoms. The third kappa shape index (κ3) is 4.49. The number of carbonyl (C=O) groups excluding carboxylic acids is 1. The Morgan fingerprint density at radius 1 is 1.27 bits per heavy atom. The van der Waals surface area contributed by atoms with E-state index < -0.39 is 0 Å². The molecule has 2 aromatic rings. The largest absolute Gasteiger partial charge is 0.371 e. The molecule has 1 unspecified atom stereocenters. The fourth-order valence-corrected chi connectivity index (χ4v) is 3.66. The van der Waals surface area contributed by atoms with Crippen molar-refractivity contribution in [2.24, 2.45) is 5.92 Å². The first-order valence-corrected chi connectivity index (χ1v) is 9.29. The van der Waals surface area contributed by atoms with Gasteiger partial charge in [0.25, 0.3) is 0 Å². The number of halogens is 2. The predicted octanol–water partition coefficient (Wildman–Crippen LogP) is 4.40. The van der Waals surface area contributed by atoms with Gasteiger partial charge in [-0.2, -0.15) is 5.26 Å². The highest BCUT2D eigenvalue weighted by Gasteiger charge is 2.26. The third-order valence-electron chi connectivity index (χ3n) is 4.60. The lowest BCUT2D eigenvalue weighted by atomic mass is 9.96. The minimum absolute atomic E-state index is 0.0251. The van der Waals surface area contributed by atoms with Gasteiger partial charge in [0.15, 0.2) is 0 Å². The molecule has 0 radical (unpaired) electrons. The van der Waals surface area contributed by atoms with Crippen molar-refractivity contribution in [1.29, 1.82) is 5.26 Å². The highest BCUT2D eigenvalue weighted by molar-refractivity contribution is 6.35. The minimum Gasteiger partial charge on any atom is -0.371 e. The van der Waals surface area contributed by atoms with Gasteiger partial charge in [0.1, 0.15) is 0 Å². The second kappa shape index (κ2) is 8.44. The van der Waals surface area contributed by atoms with Crippen molar-refractivity contribution in [3.63, 3.8) is 0 Å². The molecule has 0 aliphatic carbocycles. The van der Waals surface area contributed by atoms with Crippen LogP contribution in [0.3, 0.4) is 0 Å². The molecule has 134 valence electrons. The molecule has 3 rings (SSSR count). The number of anilines is 1. The van der Waals surface area contributed by atoms with Crippen molar-refractivity contribution in [3.8, 4) is 6.07 Å². The van der Waals surface area contributed by atoms with Crippen LogP contribution in [-0.4, -0.2) is 19.0 Å². The fourth-order valence-electron chi connectivity index (χ4n) is 3.19. The highest BCUT2D eigenvalue weighted by Crippen LogP contribution is 2.25. The summed E-state index contributed by atoms with van der Waals surface area (Å²) >= 11 is 12.1. The Balaban J connectivity index is 1.61. The lowest BCUT2D eigenvalue weighted by Gasteiger charge is -2.33. The Labute approximate surface area is 163 Å². The molecule has 4 nitrogen and oxygen atoms in total. The smallest absolute Gasteiger partial charge is 0.225 e. The van der Waals surface area contributed by atoms with E-state index >= 15 is 0 Å². The molecule has 1 fully saturated rings. The average molecular weight is 388 g/mol. The molecular weight excluding hydrogens is 369 g/mol. The van der Waals surface area contributed by atoms with Gasteiger partial charge in [-0.3, -0.25) is 4.79 Å². The van der Waals surface area contributed by atoms with Crippen molar-refractivity contribution in [2.45, 2.75) is 19.4 Å². The van der Waals surface area contributed by atoms with E-state index in [0.29, 0.717) is 28.7 Å². The number of nitrogens with zero attached hydrogens (tertiary/aromatic N) is 2. The Morgan fingerprint density at radius 3 is 2.88 bits per heavy atom. The molecule has 0 bridgehead atoms. The number of hydrogen-bond acceptors (Lipinski definition) is 3. The van der Waals surface area contributed by atoms with Crippen LogP contribution in [-0.2, 0) is 11.3 Å². The van der Waals surface area contributed by atoms with Gasteiger partial charge < -0.3 is 10.2 Å². The summed E-state index contributed by atoms with van der Waals surface area (Å²) in [5.74, 6) is -0.0577. The third-order valence-corrected chi connectivity index (χ3v) is 5.19. The Kier molecular flexibility index (Phi) is 6.03. The first kappa shape index (κ1) is 18.6. The topological polar surface area (TPSA) is 56.1 Å². The monoisotopic (exact) mass is 387 g/mol. The van der Waals surface area contributed by atoms with Crippen LogP contribution in [0.2, 0.25) is 10.0 Å². The number of nitrogens with one attached hydrogen (secondary N) is 1. The summed E-state index contributed by atoms with van der Waals surface area (Å²) in [7, 11) is 0. The first-order valence-electron chi connectivity index (χ1n) is 8.53. The van der Waals surface area contributed by atoms with Crippen LogP contribution >= 0.6 is 23.2 Å². The van der Waals surface area contributed by atoms with Crippen LogP contribution in [0.25, 0.3) is 0 Å². The quantitative estimate of drug-likeness (QED) is 0.845. The molecule has 0 aromatic heterocycles. The Morgan fingerprint density at radius 2 is 2.12 bits per heavy atom. The van der Waals surface area contributed by atoms with E-state index in [-0.39, 0.29) is 11.8 Å². The van der Waals surface area contributed by atoms with Crippen LogP contribution < -0.4 is 10.2 Å². The first-order chi connectivity index (χ1) is 12.6. The molecule has 1 aliphatic heterocycles. The van der Waals surface area contributed by atoms with E-state index in [1.807, 2.05) is 24.3 Å². The normalized spacial score (nSPS) is 16.8. The maximum Gasteiger partial charge on any atom is 0.225 e. The molecular formula is C20H19Cl2N3O. The van der Waals surface area contributed by atoms with Crippen molar-refractivity contribution in [1.82, 2.24) is 5.32 Å². The molecule has 1 atom stereocenters. The van der Waals surface area contributed by atoms with Crippen LogP contribution in [0.1, 0.15) is 24.0 Å². The maximum absolute atomic E-state index is 12.6. The van der Waals surface area contributed by atoms with Gasteiger partial charge in [0, 0.05) is 35.4 Å². The van der Waals surface area contributed by atoms with Gasteiger partial charge in [0.2, 0.25) is 5.91 Å². The summed E-state index contributed by atoms with van der Waals surface area (Å²) in [6, 6.07) is 14.9.